The largest absolute Gasteiger partial charge is 0.357 e. The lowest BCUT2D eigenvalue weighted by atomic mass is 10.0. The van der Waals surface area contributed by atoms with Crippen molar-refractivity contribution in [2.24, 2.45) is 0 Å². The molecule has 0 bridgehead atoms. The molecule has 0 saturated carbocycles. The standard InChI is InChI=1S/C33H34FN3O4S/c1-24-13-17-28(18-14-24)37(42(40,41)29-19-15-25(2)16-20-29)23-32(38)36(22-27-11-7-8-12-30(27)34)31(33(39)35-3)21-26-9-5-4-6-10-26/h4-20,31H,21-23H2,1-3H3,(H,35,39). The summed E-state index contributed by atoms with van der Waals surface area (Å²) >= 11 is 0. The number of rotatable bonds is 11. The Balaban J connectivity index is 1.79. The third-order valence-corrected chi connectivity index (χ3v) is 8.81. The molecule has 1 atom stereocenters. The van der Waals surface area contributed by atoms with Crippen molar-refractivity contribution < 1.29 is 22.4 Å². The van der Waals surface area contributed by atoms with Gasteiger partial charge in [0.1, 0.15) is 18.4 Å². The molecule has 0 aliphatic heterocycles. The molecule has 9 heteroatoms. The number of amides is 2. The number of benzene rings is 4. The molecule has 42 heavy (non-hydrogen) atoms. The minimum Gasteiger partial charge on any atom is -0.357 e. The van der Waals surface area contributed by atoms with E-state index in [1.807, 2.05) is 44.2 Å². The van der Waals surface area contributed by atoms with Crippen molar-refractivity contribution in [1.82, 2.24) is 10.2 Å². The third-order valence-electron chi connectivity index (χ3n) is 7.03. The molecule has 0 aliphatic carbocycles. The van der Waals surface area contributed by atoms with Gasteiger partial charge in [0.05, 0.1) is 10.6 Å². The lowest BCUT2D eigenvalue weighted by Gasteiger charge is -2.33. The number of likely N-dealkylation sites (N-methyl/N-ethyl adjacent to an activating group) is 1. The first-order valence-corrected chi connectivity index (χ1v) is 15.0. The first-order chi connectivity index (χ1) is 20.1. The van der Waals surface area contributed by atoms with Crippen molar-refractivity contribution in [2.75, 3.05) is 17.9 Å². The van der Waals surface area contributed by atoms with E-state index in [2.05, 4.69) is 5.32 Å². The summed E-state index contributed by atoms with van der Waals surface area (Å²) in [6.07, 6.45) is 0.149. The summed E-state index contributed by atoms with van der Waals surface area (Å²) in [5.41, 5.74) is 3.09. The van der Waals surface area contributed by atoms with Crippen LogP contribution in [0.3, 0.4) is 0 Å². The van der Waals surface area contributed by atoms with Crippen LogP contribution >= 0.6 is 0 Å². The van der Waals surface area contributed by atoms with Crippen LogP contribution in [-0.4, -0.2) is 44.8 Å². The molecule has 0 heterocycles. The minimum atomic E-state index is -4.19. The molecule has 0 radical (unpaired) electrons. The molecule has 1 N–H and O–H groups in total. The lowest BCUT2D eigenvalue weighted by Crippen LogP contribution is -2.53. The summed E-state index contributed by atoms with van der Waals surface area (Å²) in [5, 5.41) is 2.62. The maximum Gasteiger partial charge on any atom is 0.264 e. The number of halogens is 1. The van der Waals surface area contributed by atoms with Crippen LogP contribution in [0.15, 0.2) is 108 Å². The van der Waals surface area contributed by atoms with Gasteiger partial charge in [0.2, 0.25) is 11.8 Å². The lowest BCUT2D eigenvalue weighted by molar-refractivity contribution is -0.139. The summed E-state index contributed by atoms with van der Waals surface area (Å²) in [6.45, 7) is 2.89. The van der Waals surface area contributed by atoms with Crippen LogP contribution in [-0.2, 0) is 32.6 Å². The zero-order chi connectivity index (χ0) is 30.3. The molecular weight excluding hydrogens is 553 g/mol. The van der Waals surface area contributed by atoms with Crippen LogP contribution in [0.4, 0.5) is 10.1 Å². The van der Waals surface area contributed by atoms with E-state index in [4.69, 9.17) is 0 Å². The van der Waals surface area contributed by atoms with E-state index in [-0.39, 0.29) is 23.4 Å². The van der Waals surface area contributed by atoms with Crippen molar-refractivity contribution in [3.05, 3.63) is 131 Å². The number of hydrogen-bond acceptors (Lipinski definition) is 4. The fraction of sp³-hybridized carbons (Fsp3) is 0.212. The Morgan fingerprint density at radius 1 is 0.810 bits per heavy atom. The Bertz CT molecular complexity index is 1630. The quantitative estimate of drug-likeness (QED) is 0.267. The van der Waals surface area contributed by atoms with Gasteiger partial charge in [0.15, 0.2) is 0 Å². The summed E-state index contributed by atoms with van der Waals surface area (Å²) in [4.78, 5) is 28.7. The monoisotopic (exact) mass is 587 g/mol. The molecule has 0 fully saturated rings. The van der Waals surface area contributed by atoms with Crippen molar-refractivity contribution in [2.45, 2.75) is 37.8 Å². The zero-order valence-corrected chi connectivity index (χ0v) is 24.6. The molecule has 2 amide bonds. The average Bonchev–Trinajstić information content (AvgIpc) is 2.99. The SMILES string of the molecule is CNC(=O)C(Cc1ccccc1)N(Cc1ccccc1F)C(=O)CN(c1ccc(C)cc1)S(=O)(=O)c1ccc(C)cc1. The highest BCUT2D eigenvalue weighted by Gasteiger charge is 2.34. The van der Waals surface area contributed by atoms with E-state index < -0.39 is 40.2 Å². The second-order valence-electron chi connectivity index (χ2n) is 10.1. The Kier molecular flexibility index (Phi) is 9.75. The third kappa shape index (κ3) is 7.22. The summed E-state index contributed by atoms with van der Waals surface area (Å²) in [7, 11) is -2.73. The fourth-order valence-corrected chi connectivity index (χ4v) is 6.02. The minimum absolute atomic E-state index is 0.0225. The van der Waals surface area contributed by atoms with Gasteiger partial charge in [-0.1, -0.05) is 83.9 Å². The van der Waals surface area contributed by atoms with Gasteiger partial charge in [-0.05, 0) is 49.7 Å². The Morgan fingerprint density at radius 2 is 1.38 bits per heavy atom. The number of aryl methyl sites for hydroxylation is 2. The maximum absolute atomic E-state index is 14.9. The highest BCUT2D eigenvalue weighted by Crippen LogP contribution is 2.26. The van der Waals surface area contributed by atoms with Gasteiger partial charge in [-0.3, -0.25) is 13.9 Å². The Morgan fingerprint density at radius 3 is 1.98 bits per heavy atom. The molecule has 4 rings (SSSR count). The number of hydrogen-bond donors (Lipinski definition) is 1. The number of nitrogens with zero attached hydrogens (tertiary/aromatic N) is 2. The molecule has 0 saturated heterocycles. The first kappa shape index (κ1) is 30.5. The highest BCUT2D eigenvalue weighted by atomic mass is 32.2. The molecule has 4 aromatic rings. The van der Waals surface area contributed by atoms with Crippen LogP contribution in [0.1, 0.15) is 22.3 Å². The van der Waals surface area contributed by atoms with Crippen molar-refractivity contribution in [3.63, 3.8) is 0 Å². The number of carbonyl (C=O) groups is 2. The smallest absolute Gasteiger partial charge is 0.264 e. The molecule has 0 spiro atoms. The summed E-state index contributed by atoms with van der Waals surface area (Å²) in [6, 6.07) is 27.3. The van der Waals surface area contributed by atoms with E-state index in [1.165, 1.54) is 30.1 Å². The average molecular weight is 588 g/mol. The number of nitrogens with one attached hydrogen (secondary N) is 1. The summed E-state index contributed by atoms with van der Waals surface area (Å²) in [5.74, 6) is -1.64. The first-order valence-electron chi connectivity index (χ1n) is 13.5. The molecule has 218 valence electrons. The molecular formula is C33H34FN3O4S. The molecule has 0 aromatic heterocycles. The van der Waals surface area contributed by atoms with E-state index in [0.717, 1.165) is 21.0 Å². The molecule has 7 nitrogen and oxygen atoms in total. The second-order valence-corrected chi connectivity index (χ2v) is 12.0. The highest BCUT2D eigenvalue weighted by molar-refractivity contribution is 7.92. The van der Waals surface area contributed by atoms with Crippen molar-refractivity contribution >= 4 is 27.5 Å². The van der Waals surface area contributed by atoms with Crippen LogP contribution in [0.5, 0.6) is 0 Å². The fourth-order valence-electron chi connectivity index (χ4n) is 4.61. The number of anilines is 1. The molecule has 1 unspecified atom stereocenters. The van der Waals surface area contributed by atoms with Gasteiger partial charge in [-0.15, -0.1) is 0 Å². The summed E-state index contributed by atoms with van der Waals surface area (Å²) < 4.78 is 43.8. The van der Waals surface area contributed by atoms with Crippen LogP contribution in [0, 0.1) is 19.7 Å². The number of carbonyl (C=O) groups excluding carboxylic acids is 2. The normalized spacial score (nSPS) is 11.9. The predicted octanol–water partition coefficient (Wildman–Crippen LogP) is 5.02. The van der Waals surface area contributed by atoms with Gasteiger partial charge < -0.3 is 10.2 Å². The van der Waals surface area contributed by atoms with E-state index in [1.54, 1.807) is 54.6 Å². The van der Waals surface area contributed by atoms with Gasteiger partial charge >= 0.3 is 0 Å². The Hall–Kier alpha value is -4.50. The van der Waals surface area contributed by atoms with Crippen LogP contribution < -0.4 is 9.62 Å². The predicted molar refractivity (Wildman–Crippen MR) is 162 cm³/mol. The van der Waals surface area contributed by atoms with Crippen LogP contribution in [0.2, 0.25) is 0 Å². The maximum atomic E-state index is 14.9. The second kappa shape index (κ2) is 13.4. The van der Waals surface area contributed by atoms with Crippen LogP contribution in [0.25, 0.3) is 0 Å². The van der Waals surface area contributed by atoms with Crippen molar-refractivity contribution in [3.8, 4) is 0 Å². The van der Waals surface area contributed by atoms with Crippen molar-refractivity contribution in [1.29, 1.82) is 0 Å². The van der Waals surface area contributed by atoms with Gasteiger partial charge in [0.25, 0.3) is 10.0 Å². The van der Waals surface area contributed by atoms with E-state index >= 15 is 0 Å². The zero-order valence-electron chi connectivity index (χ0n) is 23.8. The van der Waals surface area contributed by atoms with E-state index in [9.17, 15) is 22.4 Å². The molecule has 0 aliphatic rings. The number of sulfonamides is 1. The molecule has 4 aromatic carbocycles. The van der Waals surface area contributed by atoms with Gasteiger partial charge in [0, 0.05) is 25.6 Å². The topological polar surface area (TPSA) is 86.8 Å². The van der Waals surface area contributed by atoms with E-state index in [0.29, 0.717) is 5.69 Å². The Labute approximate surface area is 246 Å². The van der Waals surface area contributed by atoms with Gasteiger partial charge in [-0.25, -0.2) is 12.8 Å². The van der Waals surface area contributed by atoms with Gasteiger partial charge in [-0.2, -0.15) is 0 Å².